The van der Waals surface area contributed by atoms with E-state index in [9.17, 15) is 13.9 Å². The van der Waals surface area contributed by atoms with Gasteiger partial charge in [-0.2, -0.15) is 0 Å². The molecule has 1 aliphatic heterocycles. The maximum Gasteiger partial charge on any atom is 0.166 e. The van der Waals surface area contributed by atoms with E-state index in [1.165, 1.54) is 30.5 Å². The van der Waals surface area contributed by atoms with Crippen molar-refractivity contribution in [1.82, 2.24) is 4.98 Å². The number of aliphatic hydroxyl groups excluding tert-OH is 1. The first-order valence-electron chi connectivity index (χ1n) is 7.20. The van der Waals surface area contributed by atoms with Crippen molar-refractivity contribution in [3.63, 3.8) is 0 Å². The van der Waals surface area contributed by atoms with E-state index >= 15 is 0 Å². The van der Waals surface area contributed by atoms with Crippen molar-refractivity contribution in [3.05, 3.63) is 59.0 Å². The van der Waals surface area contributed by atoms with Crippen LogP contribution in [0.3, 0.4) is 0 Å². The van der Waals surface area contributed by atoms with Gasteiger partial charge in [-0.1, -0.05) is 0 Å². The Kier molecular flexibility index (Phi) is 4.39. The Bertz CT molecular complexity index is 743. The molecule has 23 heavy (non-hydrogen) atoms. The molecule has 2 heterocycles. The number of ether oxygens (including phenoxy) is 1. The molecule has 1 N–H and O–H groups in total. The molecule has 3 rings (SSSR count). The minimum absolute atomic E-state index is 0.0863. The fourth-order valence-corrected chi connectivity index (χ4v) is 2.49. The van der Waals surface area contributed by atoms with Gasteiger partial charge in [-0.3, -0.25) is 0 Å². The molecule has 1 fully saturated rings. The van der Waals surface area contributed by atoms with Gasteiger partial charge in [0.05, 0.1) is 12.7 Å². The maximum atomic E-state index is 14.4. The Balaban J connectivity index is 1.91. The molecule has 1 aromatic heterocycles. The summed E-state index contributed by atoms with van der Waals surface area (Å²) in [5, 5.41) is 9.20. The molecule has 6 heteroatoms. The fourth-order valence-electron chi connectivity index (χ4n) is 2.49. The van der Waals surface area contributed by atoms with Gasteiger partial charge < -0.3 is 14.7 Å². The first kappa shape index (κ1) is 15.6. The Labute approximate surface area is 132 Å². The molecule has 120 valence electrons. The summed E-state index contributed by atoms with van der Waals surface area (Å²) in [6.45, 7) is 0.718. The van der Waals surface area contributed by atoms with Crippen LogP contribution in [0.1, 0.15) is 5.56 Å². The topological polar surface area (TPSA) is 45.6 Å². The Morgan fingerprint density at radius 1 is 1.43 bits per heavy atom. The fraction of sp³-hybridized carbons (Fsp3) is 0.294. The van der Waals surface area contributed by atoms with E-state index in [0.717, 1.165) is 0 Å². The van der Waals surface area contributed by atoms with Crippen molar-refractivity contribution >= 4 is 11.4 Å². The third kappa shape index (κ3) is 2.97. The number of methoxy groups -OCH3 is 1. The summed E-state index contributed by atoms with van der Waals surface area (Å²) in [5.74, 6) is -0.895. The highest BCUT2D eigenvalue weighted by Crippen LogP contribution is 2.30. The van der Waals surface area contributed by atoms with Crippen molar-refractivity contribution in [2.24, 2.45) is 0 Å². The zero-order chi connectivity index (χ0) is 16.4. The monoisotopic (exact) mass is 318 g/mol. The van der Waals surface area contributed by atoms with Crippen molar-refractivity contribution in [2.75, 3.05) is 31.7 Å². The SMILES string of the molecule is COC1CN(c2ncc(C3=C(F)C(CO)=CC=C=C3)cc2F)C1. The lowest BCUT2D eigenvalue weighted by Crippen LogP contribution is -2.52. The Morgan fingerprint density at radius 2 is 2.22 bits per heavy atom. The zero-order valence-corrected chi connectivity index (χ0v) is 12.6. The predicted octanol–water partition coefficient (Wildman–Crippen LogP) is 2.38. The van der Waals surface area contributed by atoms with Crippen molar-refractivity contribution in [2.45, 2.75) is 6.10 Å². The number of halogens is 2. The van der Waals surface area contributed by atoms with Crippen molar-refractivity contribution in [1.29, 1.82) is 0 Å². The molecule has 0 spiro atoms. The second kappa shape index (κ2) is 6.46. The summed E-state index contributed by atoms with van der Waals surface area (Å²) in [6, 6.07) is 1.25. The average Bonchev–Trinajstić information content (AvgIpc) is 2.69. The smallest absolute Gasteiger partial charge is 0.166 e. The third-order valence-electron chi connectivity index (χ3n) is 3.91. The van der Waals surface area contributed by atoms with Gasteiger partial charge in [-0.25, -0.2) is 13.8 Å². The van der Waals surface area contributed by atoms with E-state index in [0.29, 0.717) is 18.7 Å². The standard InChI is InChI=1S/C17H16F2N2O2/c1-23-13-8-21(9-13)17-15(18)6-12(7-20-17)14-5-3-2-4-11(10-22)16(14)19/h2,4-7,13,22H,8-10H2,1H3. The molecule has 0 unspecified atom stereocenters. The van der Waals surface area contributed by atoms with Gasteiger partial charge in [-0.05, 0) is 24.3 Å². The number of hydrogen-bond acceptors (Lipinski definition) is 4. The summed E-state index contributed by atoms with van der Waals surface area (Å²) in [6.07, 6.45) is 5.85. The van der Waals surface area contributed by atoms with Crippen LogP contribution in [0, 0.1) is 5.82 Å². The molecule has 1 aromatic rings. The van der Waals surface area contributed by atoms with E-state index in [2.05, 4.69) is 10.7 Å². The summed E-state index contributed by atoms with van der Waals surface area (Å²) in [7, 11) is 1.61. The molecule has 4 nitrogen and oxygen atoms in total. The van der Waals surface area contributed by atoms with Crippen LogP contribution in [-0.2, 0) is 4.74 Å². The summed E-state index contributed by atoms with van der Waals surface area (Å²) >= 11 is 0. The number of hydrogen-bond donors (Lipinski definition) is 1. The molecule has 0 radical (unpaired) electrons. The Hall–Kier alpha value is -2.27. The van der Waals surface area contributed by atoms with Gasteiger partial charge in [0.25, 0.3) is 0 Å². The maximum absolute atomic E-state index is 14.4. The van der Waals surface area contributed by atoms with Crippen LogP contribution in [0.4, 0.5) is 14.6 Å². The molecule has 0 aromatic carbocycles. The molecule has 0 atom stereocenters. The number of rotatable bonds is 4. The summed E-state index contributed by atoms with van der Waals surface area (Å²) in [4.78, 5) is 5.88. The summed E-state index contributed by atoms with van der Waals surface area (Å²) in [5.41, 5.74) is 3.34. The quantitative estimate of drug-likeness (QED) is 0.866. The molecule has 0 amide bonds. The molecule has 0 saturated carbocycles. The van der Waals surface area contributed by atoms with Crippen LogP contribution < -0.4 is 4.90 Å². The van der Waals surface area contributed by atoms with E-state index in [1.54, 1.807) is 12.0 Å². The van der Waals surface area contributed by atoms with Crippen LogP contribution in [0.2, 0.25) is 0 Å². The van der Waals surface area contributed by atoms with Crippen molar-refractivity contribution in [3.8, 4) is 0 Å². The Morgan fingerprint density at radius 3 is 2.87 bits per heavy atom. The number of anilines is 1. The predicted molar refractivity (Wildman–Crippen MR) is 83.1 cm³/mol. The van der Waals surface area contributed by atoms with Gasteiger partial charge in [0.2, 0.25) is 0 Å². The van der Waals surface area contributed by atoms with Gasteiger partial charge in [0.15, 0.2) is 11.6 Å². The molecular weight excluding hydrogens is 302 g/mol. The normalized spacial score (nSPS) is 18.1. The molecule has 1 saturated heterocycles. The minimum atomic E-state index is -0.605. The van der Waals surface area contributed by atoms with Gasteiger partial charge in [-0.15, -0.1) is 5.73 Å². The van der Waals surface area contributed by atoms with Crippen LogP contribution in [-0.4, -0.2) is 43.0 Å². The highest BCUT2D eigenvalue weighted by Gasteiger charge is 2.29. The first-order valence-corrected chi connectivity index (χ1v) is 7.20. The number of allylic oxidation sites excluding steroid dienone is 3. The number of pyridine rings is 1. The molecule has 1 aliphatic carbocycles. The van der Waals surface area contributed by atoms with Crippen LogP contribution in [0.5, 0.6) is 0 Å². The zero-order valence-electron chi connectivity index (χ0n) is 12.6. The van der Waals surface area contributed by atoms with Gasteiger partial charge >= 0.3 is 0 Å². The van der Waals surface area contributed by atoms with E-state index in [1.807, 2.05) is 0 Å². The molecule has 2 aliphatic rings. The first-order chi connectivity index (χ1) is 11.1. The number of aromatic nitrogens is 1. The largest absolute Gasteiger partial charge is 0.392 e. The highest BCUT2D eigenvalue weighted by molar-refractivity contribution is 5.79. The van der Waals surface area contributed by atoms with Gasteiger partial charge in [0.1, 0.15) is 5.83 Å². The lowest BCUT2D eigenvalue weighted by Gasteiger charge is -2.39. The van der Waals surface area contributed by atoms with Crippen LogP contribution >= 0.6 is 0 Å². The van der Waals surface area contributed by atoms with Crippen LogP contribution in [0.25, 0.3) is 5.57 Å². The second-order valence-electron chi connectivity index (χ2n) is 5.35. The van der Waals surface area contributed by atoms with Crippen molar-refractivity contribution < 1.29 is 18.6 Å². The lowest BCUT2D eigenvalue weighted by molar-refractivity contribution is 0.0779. The second-order valence-corrected chi connectivity index (χ2v) is 5.35. The lowest BCUT2D eigenvalue weighted by atomic mass is 10.0. The van der Waals surface area contributed by atoms with E-state index in [4.69, 9.17) is 4.74 Å². The van der Waals surface area contributed by atoms with E-state index in [-0.39, 0.29) is 23.1 Å². The van der Waals surface area contributed by atoms with Gasteiger partial charge in [0, 0.05) is 43.1 Å². The molecule has 0 bridgehead atoms. The number of aliphatic hydroxyl groups is 1. The average molecular weight is 318 g/mol. The highest BCUT2D eigenvalue weighted by atomic mass is 19.1. The minimum Gasteiger partial charge on any atom is -0.392 e. The van der Waals surface area contributed by atoms with Crippen LogP contribution in [0.15, 0.2) is 47.6 Å². The number of nitrogens with zero attached hydrogens (tertiary/aromatic N) is 2. The summed E-state index contributed by atoms with van der Waals surface area (Å²) < 4.78 is 33.9. The van der Waals surface area contributed by atoms with E-state index < -0.39 is 18.3 Å². The molecular formula is C17H16F2N2O2. The third-order valence-corrected chi connectivity index (χ3v) is 3.91.